The molecule has 0 aliphatic heterocycles. The van der Waals surface area contributed by atoms with Crippen LogP contribution in [0.3, 0.4) is 0 Å². The molecular weight excluding hydrogens is 316 g/mol. The van der Waals surface area contributed by atoms with Crippen molar-refractivity contribution < 1.29 is 4.79 Å². The molecule has 0 radical (unpaired) electrons. The molecule has 0 fully saturated rings. The van der Waals surface area contributed by atoms with E-state index in [-0.39, 0.29) is 11.7 Å². The van der Waals surface area contributed by atoms with Gasteiger partial charge in [-0.25, -0.2) is 0 Å². The van der Waals surface area contributed by atoms with Gasteiger partial charge in [0, 0.05) is 31.6 Å². The number of carbonyl (C=O) groups excluding carboxylic acids is 1. The number of Topliss-reactive ketones (excluding diaryl/α,β-unsaturated/α-hetero) is 1. The zero-order chi connectivity index (χ0) is 11.8. The Kier molecular flexibility index (Phi) is 3.19. The van der Waals surface area contributed by atoms with Crippen molar-refractivity contribution in [2.75, 3.05) is 0 Å². The maximum atomic E-state index is 12.5. The molecular formula is C13H11BrOS2. The summed E-state index contributed by atoms with van der Waals surface area (Å²) >= 11 is 6.82. The van der Waals surface area contributed by atoms with Crippen LogP contribution in [0.15, 0.2) is 26.7 Å². The van der Waals surface area contributed by atoms with E-state index in [0.717, 1.165) is 29.3 Å². The lowest BCUT2D eigenvalue weighted by Crippen LogP contribution is -2.17. The molecule has 0 N–H and O–H groups in total. The highest BCUT2D eigenvalue weighted by atomic mass is 79.9. The van der Waals surface area contributed by atoms with Crippen LogP contribution in [0.2, 0.25) is 0 Å². The Morgan fingerprint density at radius 2 is 2.29 bits per heavy atom. The van der Waals surface area contributed by atoms with E-state index in [1.165, 1.54) is 10.4 Å². The Hall–Kier alpha value is -0.450. The second-order valence-electron chi connectivity index (χ2n) is 4.24. The molecule has 88 valence electrons. The summed E-state index contributed by atoms with van der Waals surface area (Å²) in [7, 11) is 0. The number of aryl methyl sites for hydroxylation is 1. The van der Waals surface area contributed by atoms with Crippen molar-refractivity contribution in [1.82, 2.24) is 0 Å². The first-order valence-corrected chi connectivity index (χ1v) is 8.21. The maximum Gasteiger partial charge on any atom is 0.172 e. The third-order valence-electron chi connectivity index (χ3n) is 3.25. The second-order valence-corrected chi connectivity index (χ2v) is 6.84. The van der Waals surface area contributed by atoms with Gasteiger partial charge in [-0.3, -0.25) is 4.79 Å². The minimum Gasteiger partial charge on any atom is -0.293 e. The molecule has 1 atom stereocenters. The molecule has 0 aromatic carbocycles. The standard InChI is InChI=1S/C13H11BrOS2/c14-11-7-16-6-10(11)13(15)9-2-1-3-12-8(9)4-5-17-12/h4-7,9H,1-3H2. The molecule has 1 aliphatic rings. The fourth-order valence-corrected chi connectivity index (χ4v) is 4.87. The van der Waals surface area contributed by atoms with Crippen molar-refractivity contribution in [3.05, 3.63) is 42.7 Å². The zero-order valence-electron chi connectivity index (χ0n) is 9.11. The summed E-state index contributed by atoms with van der Waals surface area (Å²) in [4.78, 5) is 13.9. The highest BCUT2D eigenvalue weighted by Gasteiger charge is 2.29. The van der Waals surface area contributed by atoms with Gasteiger partial charge in [-0.2, -0.15) is 11.3 Å². The molecule has 2 heterocycles. The first kappa shape index (κ1) is 11.6. The lowest BCUT2D eigenvalue weighted by atomic mass is 9.83. The first-order valence-electron chi connectivity index (χ1n) is 5.59. The Balaban J connectivity index is 1.97. The zero-order valence-corrected chi connectivity index (χ0v) is 12.3. The van der Waals surface area contributed by atoms with Crippen molar-refractivity contribution in [3.63, 3.8) is 0 Å². The third-order valence-corrected chi connectivity index (χ3v) is 5.95. The Labute approximate surface area is 117 Å². The molecule has 3 rings (SSSR count). The monoisotopic (exact) mass is 326 g/mol. The molecule has 1 aliphatic carbocycles. The summed E-state index contributed by atoms with van der Waals surface area (Å²) in [5.74, 6) is 0.355. The maximum absolute atomic E-state index is 12.5. The van der Waals surface area contributed by atoms with Crippen LogP contribution in [-0.4, -0.2) is 5.78 Å². The lowest BCUT2D eigenvalue weighted by Gasteiger charge is -2.21. The average molecular weight is 327 g/mol. The van der Waals surface area contributed by atoms with E-state index in [1.54, 1.807) is 22.7 Å². The van der Waals surface area contributed by atoms with Gasteiger partial charge < -0.3 is 0 Å². The molecule has 0 bridgehead atoms. The number of fused-ring (bicyclic) bond motifs is 1. The molecule has 17 heavy (non-hydrogen) atoms. The van der Waals surface area contributed by atoms with Crippen molar-refractivity contribution in [2.24, 2.45) is 0 Å². The number of carbonyl (C=O) groups is 1. The SMILES string of the molecule is O=C(c1cscc1Br)C1CCCc2sccc21. The van der Waals surface area contributed by atoms with Crippen LogP contribution in [0.4, 0.5) is 0 Å². The fourth-order valence-electron chi connectivity index (χ4n) is 2.40. The van der Waals surface area contributed by atoms with Crippen LogP contribution in [-0.2, 0) is 6.42 Å². The van der Waals surface area contributed by atoms with Crippen LogP contribution in [0.5, 0.6) is 0 Å². The van der Waals surface area contributed by atoms with Gasteiger partial charge >= 0.3 is 0 Å². The number of hydrogen-bond donors (Lipinski definition) is 0. The summed E-state index contributed by atoms with van der Waals surface area (Å²) in [6, 6.07) is 2.13. The predicted molar refractivity (Wildman–Crippen MR) is 76.3 cm³/mol. The average Bonchev–Trinajstić information content (AvgIpc) is 2.95. The largest absolute Gasteiger partial charge is 0.293 e. The van der Waals surface area contributed by atoms with Crippen LogP contribution < -0.4 is 0 Å². The summed E-state index contributed by atoms with van der Waals surface area (Å²) in [5, 5.41) is 6.04. The summed E-state index contributed by atoms with van der Waals surface area (Å²) in [6.45, 7) is 0. The molecule has 0 spiro atoms. The highest BCUT2D eigenvalue weighted by Crippen LogP contribution is 2.38. The van der Waals surface area contributed by atoms with Crippen LogP contribution in [0, 0.1) is 0 Å². The summed E-state index contributed by atoms with van der Waals surface area (Å²) in [6.07, 6.45) is 3.26. The van der Waals surface area contributed by atoms with Gasteiger partial charge in [-0.1, -0.05) is 0 Å². The van der Waals surface area contributed by atoms with Gasteiger partial charge in [0.2, 0.25) is 0 Å². The van der Waals surface area contributed by atoms with Gasteiger partial charge in [-0.15, -0.1) is 11.3 Å². The van der Waals surface area contributed by atoms with Crippen molar-refractivity contribution in [3.8, 4) is 0 Å². The third kappa shape index (κ3) is 2.02. The van der Waals surface area contributed by atoms with Gasteiger partial charge in [0.25, 0.3) is 0 Å². The first-order chi connectivity index (χ1) is 8.27. The van der Waals surface area contributed by atoms with E-state index in [2.05, 4.69) is 27.4 Å². The van der Waals surface area contributed by atoms with Crippen molar-refractivity contribution in [2.45, 2.75) is 25.2 Å². The van der Waals surface area contributed by atoms with Crippen LogP contribution >= 0.6 is 38.6 Å². The Bertz CT molecular complexity index is 555. The van der Waals surface area contributed by atoms with E-state index < -0.39 is 0 Å². The van der Waals surface area contributed by atoms with Gasteiger partial charge in [0.1, 0.15) is 0 Å². The Morgan fingerprint density at radius 3 is 3.06 bits per heavy atom. The van der Waals surface area contributed by atoms with Gasteiger partial charge in [0.15, 0.2) is 5.78 Å². The molecule has 0 saturated heterocycles. The number of rotatable bonds is 2. The van der Waals surface area contributed by atoms with E-state index in [9.17, 15) is 4.79 Å². The van der Waals surface area contributed by atoms with Gasteiger partial charge in [0.05, 0.1) is 0 Å². The quantitative estimate of drug-likeness (QED) is 0.719. The molecule has 4 heteroatoms. The van der Waals surface area contributed by atoms with E-state index in [4.69, 9.17) is 0 Å². The number of hydrogen-bond acceptors (Lipinski definition) is 3. The summed E-state index contributed by atoms with van der Waals surface area (Å²) in [5.41, 5.74) is 2.11. The minimum atomic E-state index is 0.0795. The molecule has 0 amide bonds. The topological polar surface area (TPSA) is 17.1 Å². The smallest absolute Gasteiger partial charge is 0.172 e. The summed E-state index contributed by atoms with van der Waals surface area (Å²) < 4.78 is 0.940. The molecule has 1 unspecified atom stereocenters. The predicted octanol–water partition coefficient (Wildman–Crippen LogP) is 4.87. The molecule has 2 aromatic heterocycles. The highest BCUT2D eigenvalue weighted by molar-refractivity contribution is 9.10. The normalized spacial score (nSPS) is 19.0. The number of ketones is 1. The minimum absolute atomic E-state index is 0.0795. The van der Waals surface area contributed by atoms with Crippen molar-refractivity contribution >= 4 is 44.4 Å². The number of halogens is 1. The van der Waals surface area contributed by atoms with Crippen molar-refractivity contribution in [1.29, 1.82) is 0 Å². The van der Waals surface area contributed by atoms with E-state index in [0.29, 0.717) is 0 Å². The molecule has 0 saturated carbocycles. The van der Waals surface area contributed by atoms with Crippen LogP contribution in [0.25, 0.3) is 0 Å². The molecule has 2 aromatic rings. The van der Waals surface area contributed by atoms with E-state index >= 15 is 0 Å². The second kappa shape index (κ2) is 4.67. The fraction of sp³-hybridized carbons (Fsp3) is 0.308. The lowest BCUT2D eigenvalue weighted by molar-refractivity contribution is 0.0951. The van der Waals surface area contributed by atoms with Crippen LogP contribution in [0.1, 0.15) is 39.6 Å². The Morgan fingerprint density at radius 1 is 1.41 bits per heavy atom. The van der Waals surface area contributed by atoms with E-state index in [1.807, 2.05) is 10.8 Å². The van der Waals surface area contributed by atoms with Gasteiger partial charge in [-0.05, 0) is 52.2 Å². The number of thiophene rings is 2. The molecule has 1 nitrogen and oxygen atoms in total.